The summed E-state index contributed by atoms with van der Waals surface area (Å²) in [6.07, 6.45) is -0.633. The number of rotatable bonds is 5. The molecule has 1 rings (SSSR count). The van der Waals surface area contributed by atoms with Gasteiger partial charge in [-0.3, -0.25) is 5.32 Å². The monoisotopic (exact) mass is 323 g/mol. The number of amides is 1. The number of hydrogen-bond donors (Lipinski definition) is 1. The lowest BCUT2D eigenvalue weighted by Gasteiger charge is -2.21. The molecule has 23 heavy (non-hydrogen) atoms. The highest BCUT2D eigenvalue weighted by molar-refractivity contribution is 6.01. The highest BCUT2D eigenvalue weighted by Gasteiger charge is 2.22. The van der Waals surface area contributed by atoms with E-state index in [1.165, 1.54) is 0 Å². The van der Waals surface area contributed by atoms with Gasteiger partial charge in [-0.05, 0) is 53.7 Å². The van der Waals surface area contributed by atoms with Crippen molar-refractivity contribution < 1.29 is 23.8 Å². The van der Waals surface area contributed by atoms with Gasteiger partial charge in [0.05, 0.1) is 24.5 Å². The van der Waals surface area contributed by atoms with E-state index in [2.05, 4.69) is 5.32 Å². The van der Waals surface area contributed by atoms with E-state index in [9.17, 15) is 9.59 Å². The number of carbonyl (C=O) groups is 2. The second-order valence-corrected chi connectivity index (χ2v) is 5.89. The molecule has 1 aromatic rings. The summed E-state index contributed by atoms with van der Waals surface area (Å²) in [6.45, 7) is 11.3. The van der Waals surface area contributed by atoms with Crippen LogP contribution in [0.4, 0.5) is 10.5 Å². The number of ether oxygens (including phenoxy) is 3. The van der Waals surface area contributed by atoms with Gasteiger partial charge in [0.1, 0.15) is 11.4 Å². The number of carbonyl (C=O) groups excluding carboxylic acids is 2. The summed E-state index contributed by atoms with van der Waals surface area (Å²) < 4.78 is 15.8. The van der Waals surface area contributed by atoms with Gasteiger partial charge in [0, 0.05) is 5.56 Å². The van der Waals surface area contributed by atoms with Crippen molar-refractivity contribution in [3.05, 3.63) is 23.3 Å². The Morgan fingerprint density at radius 1 is 1.13 bits per heavy atom. The molecule has 0 radical (unpaired) electrons. The SMILES string of the molecule is CCOC(=O)c1c(NC(=O)OC(C)(C)C)ccc(OCC)c1C. The Balaban J connectivity index is 3.17. The predicted molar refractivity (Wildman–Crippen MR) is 88.2 cm³/mol. The van der Waals surface area contributed by atoms with Gasteiger partial charge in [-0.15, -0.1) is 0 Å². The van der Waals surface area contributed by atoms with Crippen LogP contribution < -0.4 is 10.1 Å². The number of anilines is 1. The average molecular weight is 323 g/mol. The Morgan fingerprint density at radius 3 is 2.30 bits per heavy atom. The van der Waals surface area contributed by atoms with Gasteiger partial charge >= 0.3 is 12.1 Å². The van der Waals surface area contributed by atoms with E-state index in [0.717, 1.165) is 0 Å². The molecule has 0 aromatic heterocycles. The molecule has 0 aliphatic rings. The third-order valence-corrected chi connectivity index (χ3v) is 2.83. The van der Waals surface area contributed by atoms with Gasteiger partial charge in [0.2, 0.25) is 0 Å². The molecule has 0 heterocycles. The molecule has 0 aliphatic carbocycles. The lowest BCUT2D eigenvalue weighted by atomic mass is 10.1. The summed E-state index contributed by atoms with van der Waals surface area (Å²) in [7, 11) is 0. The van der Waals surface area contributed by atoms with Crippen LogP contribution in [0.1, 0.15) is 50.5 Å². The Bertz CT molecular complexity index is 575. The molecule has 6 heteroatoms. The van der Waals surface area contributed by atoms with Gasteiger partial charge < -0.3 is 14.2 Å². The quantitative estimate of drug-likeness (QED) is 0.831. The summed E-state index contributed by atoms with van der Waals surface area (Å²) >= 11 is 0. The van der Waals surface area contributed by atoms with E-state index in [0.29, 0.717) is 23.6 Å². The van der Waals surface area contributed by atoms with E-state index >= 15 is 0 Å². The lowest BCUT2D eigenvalue weighted by Crippen LogP contribution is -2.28. The molecule has 0 spiro atoms. The van der Waals surface area contributed by atoms with Gasteiger partial charge in [-0.2, -0.15) is 0 Å². The maximum absolute atomic E-state index is 12.2. The van der Waals surface area contributed by atoms with Crippen LogP contribution >= 0.6 is 0 Å². The van der Waals surface area contributed by atoms with Crippen LogP contribution in [0.3, 0.4) is 0 Å². The Morgan fingerprint density at radius 2 is 1.78 bits per heavy atom. The zero-order valence-corrected chi connectivity index (χ0v) is 14.6. The van der Waals surface area contributed by atoms with Gasteiger partial charge in [0.25, 0.3) is 0 Å². The van der Waals surface area contributed by atoms with Crippen molar-refractivity contribution in [2.45, 2.75) is 47.1 Å². The van der Waals surface area contributed by atoms with Crippen LogP contribution in [-0.2, 0) is 9.47 Å². The Kier molecular flexibility index (Phi) is 6.42. The summed E-state index contributed by atoms with van der Waals surface area (Å²) in [5, 5.41) is 2.60. The first-order valence-electron chi connectivity index (χ1n) is 7.63. The smallest absolute Gasteiger partial charge is 0.412 e. The molecule has 128 valence electrons. The summed E-state index contributed by atoms with van der Waals surface area (Å²) in [5.74, 6) is 0.0582. The first kappa shape index (κ1) is 18.8. The normalized spacial score (nSPS) is 10.9. The second kappa shape index (κ2) is 7.85. The van der Waals surface area contributed by atoms with E-state index in [1.54, 1.807) is 46.8 Å². The topological polar surface area (TPSA) is 73.9 Å². The molecule has 0 atom stereocenters. The average Bonchev–Trinajstić information content (AvgIpc) is 2.40. The minimum absolute atomic E-state index is 0.239. The van der Waals surface area contributed by atoms with Crippen molar-refractivity contribution in [3.8, 4) is 5.75 Å². The van der Waals surface area contributed by atoms with Crippen molar-refractivity contribution in [2.75, 3.05) is 18.5 Å². The minimum Gasteiger partial charge on any atom is -0.494 e. The van der Waals surface area contributed by atoms with Gasteiger partial charge in [-0.25, -0.2) is 9.59 Å². The van der Waals surface area contributed by atoms with Crippen LogP contribution in [0.5, 0.6) is 5.75 Å². The third kappa shape index (κ3) is 5.47. The first-order valence-corrected chi connectivity index (χ1v) is 7.63. The van der Waals surface area contributed by atoms with E-state index in [-0.39, 0.29) is 12.2 Å². The highest BCUT2D eigenvalue weighted by Crippen LogP contribution is 2.29. The van der Waals surface area contributed by atoms with Crippen LogP contribution in [-0.4, -0.2) is 30.9 Å². The van der Waals surface area contributed by atoms with E-state index in [4.69, 9.17) is 14.2 Å². The van der Waals surface area contributed by atoms with Crippen molar-refractivity contribution >= 4 is 17.7 Å². The molecule has 6 nitrogen and oxygen atoms in total. The van der Waals surface area contributed by atoms with Crippen LogP contribution in [0.15, 0.2) is 12.1 Å². The Hall–Kier alpha value is -2.24. The highest BCUT2D eigenvalue weighted by atomic mass is 16.6. The zero-order valence-electron chi connectivity index (χ0n) is 14.6. The molecule has 1 amide bonds. The number of esters is 1. The molecule has 1 N–H and O–H groups in total. The molecule has 0 saturated heterocycles. The van der Waals surface area contributed by atoms with E-state index < -0.39 is 17.7 Å². The largest absolute Gasteiger partial charge is 0.494 e. The summed E-state index contributed by atoms with van der Waals surface area (Å²) in [6, 6.07) is 3.31. The molecular weight excluding hydrogens is 298 g/mol. The number of hydrogen-bond acceptors (Lipinski definition) is 5. The van der Waals surface area contributed by atoms with Crippen molar-refractivity contribution in [1.29, 1.82) is 0 Å². The predicted octanol–water partition coefficient (Wildman–Crippen LogP) is 3.92. The minimum atomic E-state index is -0.633. The zero-order chi connectivity index (χ0) is 17.6. The molecule has 0 unspecified atom stereocenters. The fraction of sp³-hybridized carbons (Fsp3) is 0.529. The molecule has 0 aliphatic heterocycles. The molecule has 1 aromatic carbocycles. The first-order chi connectivity index (χ1) is 10.7. The van der Waals surface area contributed by atoms with Gasteiger partial charge in [0.15, 0.2) is 0 Å². The fourth-order valence-electron chi connectivity index (χ4n) is 1.99. The van der Waals surface area contributed by atoms with Crippen molar-refractivity contribution in [2.24, 2.45) is 0 Å². The third-order valence-electron chi connectivity index (χ3n) is 2.83. The molecule has 0 fully saturated rings. The van der Waals surface area contributed by atoms with Gasteiger partial charge in [-0.1, -0.05) is 0 Å². The van der Waals surface area contributed by atoms with Crippen molar-refractivity contribution in [3.63, 3.8) is 0 Å². The van der Waals surface area contributed by atoms with E-state index in [1.807, 2.05) is 6.92 Å². The van der Waals surface area contributed by atoms with Crippen LogP contribution in [0.2, 0.25) is 0 Å². The van der Waals surface area contributed by atoms with Crippen molar-refractivity contribution in [1.82, 2.24) is 0 Å². The summed E-state index contributed by atoms with van der Waals surface area (Å²) in [4.78, 5) is 24.2. The summed E-state index contributed by atoms with van der Waals surface area (Å²) in [5.41, 5.74) is 0.579. The maximum atomic E-state index is 12.2. The number of nitrogens with one attached hydrogen (secondary N) is 1. The maximum Gasteiger partial charge on any atom is 0.412 e. The van der Waals surface area contributed by atoms with Crippen LogP contribution in [0.25, 0.3) is 0 Å². The fourth-order valence-corrected chi connectivity index (χ4v) is 1.99. The molecule has 0 saturated carbocycles. The van der Waals surface area contributed by atoms with Crippen LogP contribution in [0, 0.1) is 6.92 Å². The molecular formula is C17H25NO5. The number of benzene rings is 1. The molecule has 0 bridgehead atoms. The standard InChI is InChI=1S/C17H25NO5/c1-7-21-13-10-9-12(18-16(20)23-17(4,5)6)14(11(13)3)15(19)22-8-2/h9-10H,7-8H2,1-6H3,(H,18,20). The second-order valence-electron chi connectivity index (χ2n) is 5.89. The lowest BCUT2D eigenvalue weighted by molar-refractivity contribution is 0.0526. The Labute approximate surface area is 137 Å².